The summed E-state index contributed by atoms with van der Waals surface area (Å²) in [5.74, 6) is 1.38. The largest absolute Gasteiger partial charge is 0.316 e. The Morgan fingerprint density at radius 1 is 1.40 bits per heavy atom. The zero-order valence-electron chi connectivity index (χ0n) is 10.5. The average Bonchev–Trinajstić information content (AvgIpc) is 2.59. The summed E-state index contributed by atoms with van der Waals surface area (Å²) < 4.78 is 1.86. The van der Waals surface area contributed by atoms with Crippen molar-refractivity contribution < 1.29 is 0 Å². The molecule has 0 bridgehead atoms. The molecule has 0 aromatic carbocycles. The van der Waals surface area contributed by atoms with Crippen LogP contribution in [0.25, 0.3) is 0 Å². The molecule has 86 valence electrons. The van der Waals surface area contributed by atoms with Crippen LogP contribution in [0.5, 0.6) is 0 Å². The second-order valence-corrected chi connectivity index (χ2v) is 4.72. The van der Waals surface area contributed by atoms with Crippen LogP contribution in [0.4, 0.5) is 0 Å². The highest BCUT2D eigenvalue weighted by Crippen LogP contribution is 2.17. The zero-order valence-corrected chi connectivity index (χ0v) is 10.5. The number of rotatable bonds is 5. The molecule has 15 heavy (non-hydrogen) atoms. The molecular weight excluding hydrogens is 186 g/mol. The molecule has 1 aromatic heterocycles. The van der Waals surface area contributed by atoms with E-state index < -0.39 is 0 Å². The number of aromatic nitrogens is 2. The van der Waals surface area contributed by atoms with Gasteiger partial charge in [-0.1, -0.05) is 20.8 Å². The van der Waals surface area contributed by atoms with Gasteiger partial charge in [0.2, 0.25) is 0 Å². The van der Waals surface area contributed by atoms with Crippen LogP contribution in [-0.2, 0) is 13.5 Å². The summed E-state index contributed by atoms with van der Waals surface area (Å²) in [4.78, 5) is 0. The molecule has 0 spiro atoms. The summed E-state index contributed by atoms with van der Waals surface area (Å²) in [7, 11) is 4.00. The van der Waals surface area contributed by atoms with Crippen LogP contribution in [0.3, 0.4) is 0 Å². The Hall–Kier alpha value is -0.830. The Kier molecular flexibility index (Phi) is 4.33. The van der Waals surface area contributed by atoms with Crippen molar-refractivity contribution in [2.24, 2.45) is 18.9 Å². The predicted octanol–water partition coefficient (Wildman–Crippen LogP) is 1.84. The number of nitrogens with one attached hydrogen (secondary N) is 1. The second-order valence-electron chi connectivity index (χ2n) is 4.72. The first-order valence-corrected chi connectivity index (χ1v) is 5.69. The number of nitrogens with zero attached hydrogens (tertiary/aromatic N) is 2. The maximum Gasteiger partial charge on any atom is 0.0522 e. The fraction of sp³-hybridized carbons (Fsp3) is 0.750. The monoisotopic (exact) mass is 209 g/mol. The molecule has 0 fully saturated rings. The normalized spacial score (nSPS) is 15.6. The van der Waals surface area contributed by atoms with E-state index in [1.54, 1.807) is 0 Å². The highest BCUT2D eigenvalue weighted by Gasteiger charge is 2.19. The third kappa shape index (κ3) is 3.34. The summed E-state index contributed by atoms with van der Waals surface area (Å²) in [6.45, 7) is 6.86. The van der Waals surface area contributed by atoms with Crippen molar-refractivity contribution in [1.29, 1.82) is 0 Å². The Balaban J connectivity index is 2.61. The summed E-state index contributed by atoms with van der Waals surface area (Å²) in [5.41, 5.74) is 1.31. The third-order valence-electron chi connectivity index (χ3n) is 3.27. The van der Waals surface area contributed by atoms with Crippen LogP contribution in [0, 0.1) is 11.8 Å². The molecule has 1 aromatic rings. The molecular formula is C12H23N3. The SMILES string of the molecule is CNC(Cc1cnn(C)c1)C(C)C(C)C. The highest BCUT2D eigenvalue weighted by molar-refractivity contribution is 5.06. The van der Waals surface area contributed by atoms with Crippen LogP contribution < -0.4 is 5.32 Å². The summed E-state index contributed by atoms with van der Waals surface area (Å²) in [5, 5.41) is 7.60. The molecule has 2 atom stereocenters. The predicted molar refractivity (Wildman–Crippen MR) is 63.8 cm³/mol. The minimum atomic E-state index is 0.536. The second kappa shape index (κ2) is 5.31. The zero-order chi connectivity index (χ0) is 11.4. The maximum atomic E-state index is 4.20. The van der Waals surface area contributed by atoms with E-state index in [1.807, 2.05) is 25.0 Å². The van der Waals surface area contributed by atoms with E-state index in [-0.39, 0.29) is 0 Å². The van der Waals surface area contributed by atoms with Gasteiger partial charge in [0, 0.05) is 19.3 Å². The van der Waals surface area contributed by atoms with E-state index in [0.717, 1.165) is 6.42 Å². The lowest BCUT2D eigenvalue weighted by Crippen LogP contribution is -2.36. The van der Waals surface area contributed by atoms with Gasteiger partial charge >= 0.3 is 0 Å². The summed E-state index contributed by atoms with van der Waals surface area (Å²) >= 11 is 0. The van der Waals surface area contributed by atoms with Crippen molar-refractivity contribution in [3.05, 3.63) is 18.0 Å². The number of aryl methyl sites for hydroxylation is 1. The molecule has 3 nitrogen and oxygen atoms in total. The Morgan fingerprint density at radius 3 is 2.47 bits per heavy atom. The molecule has 0 saturated carbocycles. The first kappa shape index (κ1) is 12.2. The lowest BCUT2D eigenvalue weighted by atomic mass is 9.87. The van der Waals surface area contributed by atoms with Crippen LogP contribution in [0.2, 0.25) is 0 Å². The fourth-order valence-corrected chi connectivity index (χ4v) is 1.85. The highest BCUT2D eigenvalue weighted by atomic mass is 15.2. The Labute approximate surface area is 92.9 Å². The molecule has 0 radical (unpaired) electrons. The van der Waals surface area contributed by atoms with Crippen LogP contribution in [-0.4, -0.2) is 22.9 Å². The van der Waals surface area contributed by atoms with Gasteiger partial charge in [-0.2, -0.15) is 5.10 Å². The van der Waals surface area contributed by atoms with Gasteiger partial charge in [-0.25, -0.2) is 0 Å². The Morgan fingerprint density at radius 2 is 2.07 bits per heavy atom. The molecule has 0 aliphatic rings. The first-order chi connectivity index (χ1) is 7.04. The van der Waals surface area contributed by atoms with E-state index in [0.29, 0.717) is 17.9 Å². The van der Waals surface area contributed by atoms with Crippen molar-refractivity contribution in [1.82, 2.24) is 15.1 Å². The number of hydrogen-bond donors (Lipinski definition) is 1. The quantitative estimate of drug-likeness (QED) is 0.802. The molecule has 1 heterocycles. The van der Waals surface area contributed by atoms with E-state index in [2.05, 4.69) is 37.4 Å². The minimum Gasteiger partial charge on any atom is -0.316 e. The lowest BCUT2D eigenvalue weighted by molar-refractivity contribution is 0.310. The Bertz CT molecular complexity index is 291. The van der Waals surface area contributed by atoms with Crippen molar-refractivity contribution in [3.8, 4) is 0 Å². The third-order valence-corrected chi connectivity index (χ3v) is 3.27. The van der Waals surface area contributed by atoms with Crippen molar-refractivity contribution in [2.75, 3.05) is 7.05 Å². The number of likely N-dealkylation sites (N-methyl/N-ethyl adjacent to an activating group) is 1. The van der Waals surface area contributed by atoms with Gasteiger partial charge < -0.3 is 5.32 Å². The van der Waals surface area contributed by atoms with Crippen molar-refractivity contribution in [2.45, 2.75) is 33.2 Å². The summed E-state index contributed by atoms with van der Waals surface area (Å²) in [6.07, 6.45) is 5.11. The van der Waals surface area contributed by atoms with Crippen LogP contribution >= 0.6 is 0 Å². The lowest BCUT2D eigenvalue weighted by Gasteiger charge is -2.26. The minimum absolute atomic E-state index is 0.536. The van der Waals surface area contributed by atoms with Gasteiger partial charge in [0.05, 0.1) is 6.20 Å². The van der Waals surface area contributed by atoms with Crippen molar-refractivity contribution >= 4 is 0 Å². The molecule has 2 unspecified atom stereocenters. The van der Waals surface area contributed by atoms with E-state index in [1.165, 1.54) is 5.56 Å². The van der Waals surface area contributed by atoms with Crippen LogP contribution in [0.15, 0.2) is 12.4 Å². The molecule has 0 amide bonds. The van der Waals surface area contributed by atoms with Crippen molar-refractivity contribution in [3.63, 3.8) is 0 Å². The first-order valence-electron chi connectivity index (χ1n) is 5.69. The van der Waals surface area contributed by atoms with E-state index in [4.69, 9.17) is 0 Å². The standard InChI is InChI=1S/C12H23N3/c1-9(2)10(3)12(13-4)6-11-7-14-15(5)8-11/h7-10,12-13H,6H2,1-5H3. The van der Waals surface area contributed by atoms with Gasteiger partial charge in [0.25, 0.3) is 0 Å². The average molecular weight is 209 g/mol. The van der Waals surface area contributed by atoms with Gasteiger partial charge in [-0.05, 0) is 30.9 Å². The summed E-state index contributed by atoms with van der Waals surface area (Å²) in [6, 6.07) is 0.536. The van der Waals surface area contributed by atoms with Crippen LogP contribution in [0.1, 0.15) is 26.3 Å². The maximum absolute atomic E-state index is 4.20. The van der Waals surface area contributed by atoms with E-state index >= 15 is 0 Å². The van der Waals surface area contributed by atoms with Gasteiger partial charge in [-0.15, -0.1) is 0 Å². The molecule has 1 N–H and O–H groups in total. The van der Waals surface area contributed by atoms with Gasteiger partial charge in [0.15, 0.2) is 0 Å². The molecule has 0 saturated heterocycles. The van der Waals surface area contributed by atoms with E-state index in [9.17, 15) is 0 Å². The van der Waals surface area contributed by atoms with Gasteiger partial charge in [-0.3, -0.25) is 4.68 Å². The topological polar surface area (TPSA) is 29.9 Å². The smallest absolute Gasteiger partial charge is 0.0522 e. The molecule has 0 aliphatic heterocycles. The molecule has 1 rings (SSSR count). The molecule has 0 aliphatic carbocycles. The van der Waals surface area contributed by atoms with Gasteiger partial charge in [0.1, 0.15) is 0 Å². The number of hydrogen-bond acceptors (Lipinski definition) is 2. The fourth-order valence-electron chi connectivity index (χ4n) is 1.85. The molecule has 3 heteroatoms.